The van der Waals surface area contributed by atoms with Gasteiger partial charge in [0.05, 0.1) is 20.6 Å². The number of benzene rings is 1. The van der Waals surface area contributed by atoms with Crippen molar-refractivity contribution in [1.82, 2.24) is 14.9 Å². The van der Waals surface area contributed by atoms with Crippen LogP contribution in [0.15, 0.2) is 59.9 Å². The van der Waals surface area contributed by atoms with Crippen LogP contribution in [0.4, 0.5) is 0 Å². The van der Waals surface area contributed by atoms with E-state index in [0.29, 0.717) is 39.6 Å². The molecule has 4 rings (SSSR count). The summed E-state index contributed by atoms with van der Waals surface area (Å²) in [6.07, 6.45) is 3.57. The zero-order valence-corrected chi connectivity index (χ0v) is 21.9. The Morgan fingerprint density at radius 1 is 1.03 bits per heavy atom. The average molecular weight is 555 g/mol. The van der Waals surface area contributed by atoms with Crippen LogP contribution in [0, 0.1) is 5.92 Å². The highest BCUT2D eigenvalue weighted by Crippen LogP contribution is 2.38. The number of halogens is 3. The number of carbonyl (C=O) groups excluding carboxylic acids is 1. The fraction of sp³-hybridized carbons (Fsp3) is 0.292. The fourth-order valence-electron chi connectivity index (χ4n) is 4.18. The van der Waals surface area contributed by atoms with Crippen LogP contribution in [0.2, 0.25) is 15.1 Å². The zero-order valence-electron chi connectivity index (χ0n) is 18.9. The Balaban J connectivity index is 1.60. The van der Waals surface area contributed by atoms with Crippen molar-refractivity contribution in [3.63, 3.8) is 0 Å². The molecular formula is C24H22Cl3N3O4S. The van der Waals surface area contributed by atoms with E-state index < -0.39 is 9.84 Å². The highest BCUT2D eigenvalue weighted by molar-refractivity contribution is 7.90. The van der Waals surface area contributed by atoms with E-state index >= 15 is 0 Å². The van der Waals surface area contributed by atoms with Crippen molar-refractivity contribution in [3.8, 4) is 5.88 Å². The first-order valence-corrected chi connectivity index (χ1v) is 13.7. The molecular weight excluding hydrogens is 533 g/mol. The number of aromatic nitrogens is 2. The molecule has 7 nitrogen and oxygen atoms in total. The van der Waals surface area contributed by atoms with Crippen molar-refractivity contribution >= 4 is 50.5 Å². The van der Waals surface area contributed by atoms with Crippen LogP contribution in [-0.4, -0.2) is 54.6 Å². The van der Waals surface area contributed by atoms with E-state index in [2.05, 4.69) is 9.97 Å². The van der Waals surface area contributed by atoms with Crippen molar-refractivity contribution in [3.05, 3.63) is 81.1 Å². The first-order valence-electron chi connectivity index (χ1n) is 10.7. The van der Waals surface area contributed by atoms with E-state index in [1.54, 1.807) is 23.1 Å². The van der Waals surface area contributed by atoms with E-state index in [-0.39, 0.29) is 28.9 Å². The first kappa shape index (κ1) is 25.7. The Kier molecular flexibility index (Phi) is 7.57. The van der Waals surface area contributed by atoms with Crippen LogP contribution in [0.1, 0.15) is 28.8 Å². The van der Waals surface area contributed by atoms with Gasteiger partial charge < -0.3 is 9.64 Å². The van der Waals surface area contributed by atoms with Gasteiger partial charge in [-0.15, -0.1) is 0 Å². The fourth-order valence-corrected chi connectivity index (χ4v) is 5.16. The number of hydrogen-bond donors (Lipinski definition) is 0. The molecule has 0 radical (unpaired) electrons. The minimum Gasteiger partial charge on any atom is -0.474 e. The molecule has 3 heterocycles. The molecule has 3 aromatic rings. The number of amides is 1. The number of nitrogens with zero attached hydrogens (tertiary/aromatic N) is 3. The van der Waals surface area contributed by atoms with Crippen LogP contribution < -0.4 is 4.74 Å². The maximum absolute atomic E-state index is 13.3. The molecule has 1 unspecified atom stereocenters. The molecule has 2 aromatic heterocycles. The van der Waals surface area contributed by atoms with Gasteiger partial charge in [-0.1, -0.05) is 40.9 Å². The second kappa shape index (κ2) is 10.3. The van der Waals surface area contributed by atoms with Gasteiger partial charge in [-0.05, 0) is 42.8 Å². The summed E-state index contributed by atoms with van der Waals surface area (Å²) in [7, 11) is -3.46. The number of hydrogen-bond acceptors (Lipinski definition) is 6. The summed E-state index contributed by atoms with van der Waals surface area (Å²) in [6.45, 7) is 2.76. The normalized spacial score (nSPS) is 18.9. The predicted octanol–water partition coefficient (Wildman–Crippen LogP) is 5.16. The van der Waals surface area contributed by atoms with Crippen molar-refractivity contribution in [2.45, 2.75) is 24.0 Å². The van der Waals surface area contributed by atoms with Gasteiger partial charge in [0, 0.05) is 49.6 Å². The summed E-state index contributed by atoms with van der Waals surface area (Å²) < 4.78 is 29.5. The lowest BCUT2D eigenvalue weighted by molar-refractivity contribution is 0.0769. The molecule has 11 heteroatoms. The van der Waals surface area contributed by atoms with Gasteiger partial charge in [-0.2, -0.15) is 0 Å². The third-order valence-electron chi connectivity index (χ3n) is 6.00. The van der Waals surface area contributed by atoms with Crippen LogP contribution >= 0.6 is 34.8 Å². The van der Waals surface area contributed by atoms with Crippen molar-refractivity contribution < 1.29 is 17.9 Å². The van der Waals surface area contributed by atoms with Crippen LogP contribution in [0.5, 0.6) is 5.88 Å². The van der Waals surface area contributed by atoms with Crippen LogP contribution in [0.25, 0.3) is 0 Å². The van der Waals surface area contributed by atoms with Gasteiger partial charge in [-0.3, -0.25) is 4.79 Å². The maximum Gasteiger partial charge on any atom is 0.255 e. The Bertz CT molecular complexity index is 1340. The monoisotopic (exact) mass is 553 g/mol. The lowest BCUT2D eigenvalue weighted by Gasteiger charge is -2.25. The summed E-state index contributed by atoms with van der Waals surface area (Å²) in [6, 6.07) is 11.7. The Morgan fingerprint density at radius 2 is 1.80 bits per heavy atom. The maximum atomic E-state index is 13.3. The van der Waals surface area contributed by atoms with E-state index in [1.807, 2.05) is 19.1 Å². The Morgan fingerprint density at radius 3 is 2.40 bits per heavy atom. The molecule has 184 valence electrons. The Labute approximate surface area is 218 Å². The second-order valence-electron chi connectivity index (χ2n) is 8.45. The number of rotatable bonds is 6. The summed E-state index contributed by atoms with van der Waals surface area (Å²) in [5.74, 6) is 0.0123. The van der Waals surface area contributed by atoms with E-state index in [1.165, 1.54) is 24.5 Å². The van der Waals surface area contributed by atoms with E-state index in [4.69, 9.17) is 39.5 Å². The summed E-state index contributed by atoms with van der Waals surface area (Å²) in [5.41, 5.74) is 1.24. The van der Waals surface area contributed by atoms with E-state index in [0.717, 1.165) is 11.8 Å². The number of pyridine rings is 2. The summed E-state index contributed by atoms with van der Waals surface area (Å²) in [5, 5.41) is 1.30. The lowest BCUT2D eigenvalue weighted by atomic mass is 9.86. The number of carbonyl (C=O) groups is 1. The van der Waals surface area contributed by atoms with Gasteiger partial charge in [0.1, 0.15) is 6.10 Å². The van der Waals surface area contributed by atoms with Crippen LogP contribution in [-0.2, 0) is 9.84 Å². The molecule has 0 aliphatic carbocycles. The smallest absolute Gasteiger partial charge is 0.255 e. The first-order chi connectivity index (χ1) is 16.5. The largest absolute Gasteiger partial charge is 0.474 e. The second-order valence-corrected chi connectivity index (χ2v) is 11.7. The van der Waals surface area contributed by atoms with Crippen molar-refractivity contribution in [1.29, 1.82) is 0 Å². The van der Waals surface area contributed by atoms with Gasteiger partial charge >= 0.3 is 0 Å². The van der Waals surface area contributed by atoms with E-state index in [9.17, 15) is 13.2 Å². The highest BCUT2D eigenvalue weighted by atomic mass is 35.5. The molecule has 1 aliphatic rings. The summed E-state index contributed by atoms with van der Waals surface area (Å²) >= 11 is 18.3. The Hall–Kier alpha value is -2.39. The lowest BCUT2D eigenvalue weighted by Crippen LogP contribution is -2.32. The van der Waals surface area contributed by atoms with Gasteiger partial charge in [0.25, 0.3) is 5.91 Å². The molecule has 1 aromatic carbocycles. The molecule has 0 bridgehead atoms. The summed E-state index contributed by atoms with van der Waals surface area (Å²) in [4.78, 5) is 23.2. The van der Waals surface area contributed by atoms with Gasteiger partial charge in [0.15, 0.2) is 14.9 Å². The molecule has 1 aliphatic heterocycles. The third kappa shape index (κ3) is 5.89. The number of sulfone groups is 1. The molecule has 0 N–H and O–H groups in total. The number of ether oxygens (including phenoxy) is 1. The molecule has 0 saturated carbocycles. The number of likely N-dealkylation sites (tertiary alicyclic amines) is 1. The molecule has 0 spiro atoms. The van der Waals surface area contributed by atoms with Crippen molar-refractivity contribution in [2.75, 3.05) is 19.3 Å². The SMILES string of the molecule is C[C@@H](Oc1ccc(Cl)cn1)C1CN(C(=O)c2ccc(S(C)(=O)=O)nc2)C[C@H]1c1ccc(Cl)c(Cl)c1. The minimum atomic E-state index is -3.46. The molecule has 35 heavy (non-hydrogen) atoms. The van der Waals surface area contributed by atoms with Gasteiger partial charge in [0.2, 0.25) is 5.88 Å². The average Bonchev–Trinajstić information content (AvgIpc) is 3.27. The van der Waals surface area contributed by atoms with Gasteiger partial charge in [-0.25, -0.2) is 18.4 Å². The third-order valence-corrected chi connectivity index (χ3v) is 7.96. The standard InChI is InChI=1S/C24H22Cl3N3O4S/c1-14(34-22-7-5-17(25)11-28-22)18-12-30(13-19(18)15-3-6-20(26)21(27)9-15)24(31)16-4-8-23(29-10-16)35(2,32)33/h3-11,14,18-19H,12-13H2,1-2H3/t14-,18?,19+/m1/s1. The molecule has 1 fully saturated rings. The molecule has 1 amide bonds. The minimum absolute atomic E-state index is 0.0838. The molecule has 1 saturated heterocycles. The highest BCUT2D eigenvalue weighted by Gasteiger charge is 2.40. The topological polar surface area (TPSA) is 89.5 Å². The van der Waals surface area contributed by atoms with Crippen LogP contribution in [0.3, 0.4) is 0 Å². The molecule has 3 atom stereocenters. The quantitative estimate of drug-likeness (QED) is 0.418. The van der Waals surface area contributed by atoms with Crippen molar-refractivity contribution in [2.24, 2.45) is 5.92 Å². The predicted molar refractivity (Wildman–Crippen MR) is 135 cm³/mol. The zero-order chi connectivity index (χ0) is 25.3.